The highest BCUT2D eigenvalue weighted by atomic mass is 79.9. The molecule has 17 heavy (non-hydrogen) atoms. The summed E-state index contributed by atoms with van der Waals surface area (Å²) in [6.45, 7) is 0.757. The standard InChI is InChI=1S/C12H12Br2FNO/c13-7-9-2-1-5-16(9)12(17)8-3-4-10(14)11(15)6-8/h3-4,6,9H,1-2,5,7H2. The highest BCUT2D eigenvalue weighted by Gasteiger charge is 2.28. The largest absolute Gasteiger partial charge is 0.335 e. The summed E-state index contributed by atoms with van der Waals surface area (Å²) in [5, 5.41) is 0.776. The number of nitrogens with zero attached hydrogens (tertiary/aromatic N) is 1. The summed E-state index contributed by atoms with van der Waals surface area (Å²) in [5.41, 5.74) is 0.415. The lowest BCUT2D eigenvalue weighted by Crippen LogP contribution is -2.36. The summed E-state index contributed by atoms with van der Waals surface area (Å²) in [7, 11) is 0. The molecule has 5 heteroatoms. The van der Waals surface area contributed by atoms with E-state index in [0.29, 0.717) is 10.0 Å². The summed E-state index contributed by atoms with van der Waals surface area (Å²) in [5.74, 6) is -0.483. The van der Waals surface area contributed by atoms with Crippen molar-refractivity contribution in [2.24, 2.45) is 0 Å². The molecule has 0 radical (unpaired) electrons. The molecule has 1 aliphatic rings. The zero-order valence-corrected chi connectivity index (χ0v) is 12.3. The fourth-order valence-corrected chi connectivity index (χ4v) is 2.98. The Bertz CT molecular complexity index is 439. The highest BCUT2D eigenvalue weighted by molar-refractivity contribution is 9.10. The van der Waals surface area contributed by atoms with E-state index < -0.39 is 5.82 Å². The van der Waals surface area contributed by atoms with Gasteiger partial charge >= 0.3 is 0 Å². The Morgan fingerprint density at radius 2 is 2.29 bits per heavy atom. The predicted molar refractivity (Wildman–Crippen MR) is 72.0 cm³/mol. The van der Waals surface area contributed by atoms with Gasteiger partial charge in [-0.05, 0) is 47.0 Å². The van der Waals surface area contributed by atoms with Gasteiger partial charge in [-0.1, -0.05) is 15.9 Å². The Balaban J connectivity index is 2.21. The molecule has 1 heterocycles. The van der Waals surface area contributed by atoms with Crippen LogP contribution in [0.4, 0.5) is 4.39 Å². The first-order valence-corrected chi connectivity index (χ1v) is 7.37. The van der Waals surface area contributed by atoms with Gasteiger partial charge in [-0.25, -0.2) is 4.39 Å². The number of halogens is 3. The predicted octanol–water partition coefficient (Wildman–Crippen LogP) is 3.59. The second-order valence-electron chi connectivity index (χ2n) is 4.08. The van der Waals surface area contributed by atoms with Gasteiger partial charge in [0.15, 0.2) is 0 Å². The number of carbonyl (C=O) groups is 1. The second kappa shape index (κ2) is 5.48. The van der Waals surface area contributed by atoms with Crippen molar-refractivity contribution >= 4 is 37.8 Å². The number of hydrogen-bond donors (Lipinski definition) is 0. The molecule has 1 atom stereocenters. The molecular weight excluding hydrogens is 353 g/mol. The summed E-state index contributed by atoms with van der Waals surface area (Å²) < 4.78 is 13.8. The number of alkyl halides is 1. The van der Waals surface area contributed by atoms with E-state index in [-0.39, 0.29) is 11.9 Å². The van der Waals surface area contributed by atoms with Gasteiger partial charge < -0.3 is 4.90 Å². The molecule has 0 spiro atoms. The van der Waals surface area contributed by atoms with E-state index in [2.05, 4.69) is 31.9 Å². The molecule has 1 amide bonds. The second-order valence-corrected chi connectivity index (χ2v) is 5.58. The quantitative estimate of drug-likeness (QED) is 0.734. The van der Waals surface area contributed by atoms with Crippen LogP contribution in [-0.2, 0) is 0 Å². The Kier molecular flexibility index (Phi) is 4.20. The minimum absolute atomic E-state index is 0.0849. The molecule has 0 N–H and O–H groups in total. The SMILES string of the molecule is O=C(c1ccc(Br)c(F)c1)N1CCCC1CBr. The average Bonchev–Trinajstić information content (AvgIpc) is 2.80. The number of rotatable bonds is 2. The normalized spacial score (nSPS) is 19.7. The van der Waals surface area contributed by atoms with Crippen LogP contribution in [-0.4, -0.2) is 28.7 Å². The smallest absolute Gasteiger partial charge is 0.254 e. The van der Waals surface area contributed by atoms with E-state index in [0.717, 1.165) is 24.7 Å². The Labute approximate surface area is 116 Å². The van der Waals surface area contributed by atoms with Crippen LogP contribution in [0.1, 0.15) is 23.2 Å². The number of likely N-dealkylation sites (tertiary alicyclic amines) is 1. The lowest BCUT2D eigenvalue weighted by Gasteiger charge is -2.23. The molecule has 0 bridgehead atoms. The Morgan fingerprint density at radius 3 is 2.94 bits per heavy atom. The molecule has 2 nitrogen and oxygen atoms in total. The van der Waals surface area contributed by atoms with Crippen LogP contribution in [0.15, 0.2) is 22.7 Å². The van der Waals surface area contributed by atoms with E-state index in [1.165, 1.54) is 6.07 Å². The molecule has 0 aromatic heterocycles. The molecule has 1 unspecified atom stereocenters. The molecule has 1 aromatic rings. The van der Waals surface area contributed by atoms with E-state index in [1.807, 2.05) is 4.90 Å². The van der Waals surface area contributed by atoms with Gasteiger partial charge in [0.1, 0.15) is 5.82 Å². The fourth-order valence-electron chi connectivity index (χ4n) is 2.06. The van der Waals surface area contributed by atoms with Crippen LogP contribution >= 0.6 is 31.9 Å². The van der Waals surface area contributed by atoms with E-state index in [4.69, 9.17) is 0 Å². The number of carbonyl (C=O) groups excluding carboxylic acids is 1. The van der Waals surface area contributed by atoms with Crippen molar-refractivity contribution in [3.63, 3.8) is 0 Å². The summed E-state index contributed by atoms with van der Waals surface area (Å²) in [4.78, 5) is 14.0. The molecule has 1 aliphatic heterocycles. The van der Waals surface area contributed by atoms with Gasteiger partial charge in [0.25, 0.3) is 5.91 Å². The van der Waals surface area contributed by atoms with Crippen LogP contribution in [0.25, 0.3) is 0 Å². The van der Waals surface area contributed by atoms with Gasteiger partial charge in [0, 0.05) is 23.5 Å². The topological polar surface area (TPSA) is 20.3 Å². The molecule has 1 saturated heterocycles. The first-order valence-electron chi connectivity index (χ1n) is 5.45. The number of hydrogen-bond acceptors (Lipinski definition) is 1. The maximum atomic E-state index is 13.4. The first-order chi connectivity index (χ1) is 8.13. The van der Waals surface area contributed by atoms with Gasteiger partial charge in [-0.2, -0.15) is 0 Å². The van der Waals surface area contributed by atoms with Gasteiger partial charge in [0.05, 0.1) is 4.47 Å². The third-order valence-corrected chi connectivity index (χ3v) is 4.37. The van der Waals surface area contributed by atoms with Crippen molar-refractivity contribution in [3.05, 3.63) is 34.1 Å². The van der Waals surface area contributed by atoms with E-state index in [9.17, 15) is 9.18 Å². The van der Waals surface area contributed by atoms with Gasteiger partial charge in [0.2, 0.25) is 0 Å². The zero-order valence-electron chi connectivity index (χ0n) is 9.13. The van der Waals surface area contributed by atoms with E-state index >= 15 is 0 Å². The lowest BCUT2D eigenvalue weighted by atomic mass is 10.2. The molecule has 1 fully saturated rings. The van der Waals surface area contributed by atoms with Crippen LogP contribution in [0.3, 0.4) is 0 Å². The third kappa shape index (κ3) is 2.71. The van der Waals surface area contributed by atoms with Gasteiger partial charge in [-0.3, -0.25) is 4.79 Å². The van der Waals surface area contributed by atoms with Crippen molar-refractivity contribution < 1.29 is 9.18 Å². The molecule has 2 rings (SSSR count). The van der Waals surface area contributed by atoms with Crippen molar-refractivity contribution in [3.8, 4) is 0 Å². The maximum Gasteiger partial charge on any atom is 0.254 e. The summed E-state index contributed by atoms with van der Waals surface area (Å²) in [6, 6.07) is 4.74. The molecule has 92 valence electrons. The first kappa shape index (κ1) is 13.0. The Hall–Kier alpha value is -0.420. The van der Waals surface area contributed by atoms with Crippen LogP contribution in [0, 0.1) is 5.82 Å². The average molecular weight is 365 g/mol. The Morgan fingerprint density at radius 1 is 1.53 bits per heavy atom. The summed E-state index contributed by atoms with van der Waals surface area (Å²) in [6.07, 6.45) is 2.02. The minimum Gasteiger partial charge on any atom is -0.335 e. The molecule has 0 aliphatic carbocycles. The summed E-state index contributed by atoms with van der Waals surface area (Å²) >= 11 is 6.49. The van der Waals surface area contributed by atoms with Crippen LogP contribution in [0.2, 0.25) is 0 Å². The molecular formula is C12H12Br2FNO. The van der Waals surface area contributed by atoms with Crippen molar-refractivity contribution in [2.75, 3.05) is 11.9 Å². The highest BCUT2D eigenvalue weighted by Crippen LogP contribution is 2.23. The third-order valence-electron chi connectivity index (χ3n) is 2.98. The van der Waals surface area contributed by atoms with Crippen LogP contribution in [0.5, 0.6) is 0 Å². The van der Waals surface area contributed by atoms with Gasteiger partial charge in [-0.15, -0.1) is 0 Å². The number of benzene rings is 1. The molecule has 0 saturated carbocycles. The monoisotopic (exact) mass is 363 g/mol. The molecule has 1 aromatic carbocycles. The van der Waals surface area contributed by atoms with E-state index in [1.54, 1.807) is 12.1 Å². The maximum absolute atomic E-state index is 13.4. The van der Waals surface area contributed by atoms with Crippen LogP contribution < -0.4 is 0 Å². The zero-order chi connectivity index (χ0) is 12.4. The van der Waals surface area contributed by atoms with Crippen molar-refractivity contribution in [1.82, 2.24) is 4.90 Å². The van der Waals surface area contributed by atoms with Crippen molar-refractivity contribution in [1.29, 1.82) is 0 Å². The van der Waals surface area contributed by atoms with Crippen molar-refractivity contribution in [2.45, 2.75) is 18.9 Å². The fraction of sp³-hybridized carbons (Fsp3) is 0.417. The minimum atomic E-state index is -0.398. The lowest BCUT2D eigenvalue weighted by molar-refractivity contribution is 0.0750. The number of amides is 1.